The molecule has 0 radical (unpaired) electrons. The van der Waals surface area contributed by atoms with Gasteiger partial charge in [-0.3, -0.25) is 9.59 Å². The Morgan fingerprint density at radius 1 is 1.00 bits per heavy atom. The molecule has 1 aliphatic carbocycles. The van der Waals surface area contributed by atoms with Crippen molar-refractivity contribution in [2.75, 3.05) is 25.5 Å². The minimum absolute atomic E-state index is 0.210. The van der Waals surface area contributed by atoms with E-state index in [9.17, 15) is 14.4 Å². The zero-order valence-electron chi connectivity index (χ0n) is 16.5. The summed E-state index contributed by atoms with van der Waals surface area (Å²) in [5.41, 5.74) is 1.26. The molecule has 1 saturated carbocycles. The highest BCUT2D eigenvalue weighted by molar-refractivity contribution is 6.34. The Labute approximate surface area is 179 Å². The predicted molar refractivity (Wildman–Crippen MR) is 114 cm³/mol. The molecule has 0 heterocycles. The number of ether oxygens (including phenoxy) is 1. The smallest absolute Gasteiger partial charge is 0.319 e. The molecule has 4 N–H and O–H groups in total. The van der Waals surface area contributed by atoms with Crippen LogP contribution in [0.4, 0.5) is 10.5 Å². The van der Waals surface area contributed by atoms with Crippen molar-refractivity contribution in [2.45, 2.75) is 18.9 Å². The van der Waals surface area contributed by atoms with Crippen molar-refractivity contribution in [1.82, 2.24) is 16.0 Å². The Morgan fingerprint density at radius 3 is 2.37 bits per heavy atom. The van der Waals surface area contributed by atoms with E-state index >= 15 is 0 Å². The van der Waals surface area contributed by atoms with Crippen molar-refractivity contribution in [1.29, 1.82) is 0 Å². The third-order valence-corrected chi connectivity index (χ3v) is 4.76. The van der Waals surface area contributed by atoms with E-state index in [0.717, 1.165) is 12.8 Å². The number of halogens is 1. The standard InChI is InChI=1S/C21H23ClN4O4/c1-30-16-7-2-13(3-8-16)19(27)23-10-11-24-21(29)26-15-6-9-18(22)17(12-15)20(28)25-14-4-5-14/h2-3,6-9,12,14H,4-5,10-11H2,1H3,(H,23,27)(H,25,28)(H2,24,26,29). The Balaban J connectivity index is 1.43. The highest BCUT2D eigenvalue weighted by atomic mass is 35.5. The predicted octanol–water partition coefficient (Wildman–Crippen LogP) is 2.79. The normalized spacial score (nSPS) is 12.6. The number of amides is 4. The number of rotatable bonds is 8. The lowest BCUT2D eigenvalue weighted by molar-refractivity contribution is 0.0944. The van der Waals surface area contributed by atoms with Gasteiger partial charge in [0.15, 0.2) is 0 Å². The van der Waals surface area contributed by atoms with Crippen molar-refractivity contribution >= 4 is 35.1 Å². The fraction of sp³-hybridized carbons (Fsp3) is 0.286. The molecule has 0 unspecified atom stereocenters. The molecule has 4 amide bonds. The monoisotopic (exact) mass is 430 g/mol. The summed E-state index contributed by atoms with van der Waals surface area (Å²) >= 11 is 6.09. The van der Waals surface area contributed by atoms with Crippen LogP contribution in [-0.2, 0) is 0 Å². The minimum Gasteiger partial charge on any atom is -0.497 e. The first kappa shape index (κ1) is 21.4. The molecular formula is C21H23ClN4O4. The van der Waals surface area contributed by atoms with Crippen molar-refractivity contribution in [3.05, 3.63) is 58.6 Å². The average molecular weight is 431 g/mol. The molecule has 0 aromatic heterocycles. The lowest BCUT2D eigenvalue weighted by Crippen LogP contribution is -2.36. The highest BCUT2D eigenvalue weighted by Crippen LogP contribution is 2.24. The lowest BCUT2D eigenvalue weighted by Gasteiger charge is -2.11. The Bertz CT molecular complexity index is 929. The van der Waals surface area contributed by atoms with E-state index in [2.05, 4.69) is 21.3 Å². The van der Waals surface area contributed by atoms with Gasteiger partial charge < -0.3 is 26.0 Å². The number of hydrogen-bond donors (Lipinski definition) is 4. The maximum absolute atomic E-state index is 12.2. The van der Waals surface area contributed by atoms with Gasteiger partial charge in [-0.25, -0.2) is 4.79 Å². The number of anilines is 1. The van der Waals surface area contributed by atoms with Gasteiger partial charge in [0.1, 0.15) is 5.75 Å². The molecule has 8 nitrogen and oxygen atoms in total. The van der Waals surface area contributed by atoms with Crippen LogP contribution >= 0.6 is 11.6 Å². The number of nitrogens with one attached hydrogen (secondary N) is 4. The zero-order valence-corrected chi connectivity index (χ0v) is 17.2. The molecular weight excluding hydrogens is 408 g/mol. The van der Waals surface area contributed by atoms with Crippen molar-refractivity contribution in [3.63, 3.8) is 0 Å². The van der Waals surface area contributed by atoms with Crippen LogP contribution in [0.3, 0.4) is 0 Å². The maximum Gasteiger partial charge on any atom is 0.319 e. The summed E-state index contributed by atoms with van der Waals surface area (Å²) in [6.07, 6.45) is 1.94. The van der Waals surface area contributed by atoms with Crippen LogP contribution in [0.25, 0.3) is 0 Å². The van der Waals surface area contributed by atoms with Gasteiger partial charge in [-0.1, -0.05) is 11.6 Å². The van der Waals surface area contributed by atoms with Gasteiger partial charge >= 0.3 is 6.03 Å². The van der Waals surface area contributed by atoms with Crippen LogP contribution in [0.5, 0.6) is 5.75 Å². The summed E-state index contributed by atoms with van der Waals surface area (Å²) in [7, 11) is 1.56. The molecule has 0 aliphatic heterocycles. The van der Waals surface area contributed by atoms with E-state index < -0.39 is 6.03 Å². The summed E-state index contributed by atoms with van der Waals surface area (Å²) in [5.74, 6) is 0.164. The summed E-state index contributed by atoms with van der Waals surface area (Å²) in [6.45, 7) is 0.490. The lowest BCUT2D eigenvalue weighted by atomic mass is 10.2. The van der Waals surface area contributed by atoms with Crippen molar-refractivity contribution < 1.29 is 19.1 Å². The Hall–Kier alpha value is -3.26. The second-order valence-corrected chi connectivity index (χ2v) is 7.21. The van der Waals surface area contributed by atoms with E-state index in [1.54, 1.807) is 43.5 Å². The van der Waals surface area contributed by atoms with Gasteiger partial charge in [-0.2, -0.15) is 0 Å². The molecule has 30 heavy (non-hydrogen) atoms. The summed E-state index contributed by atoms with van der Waals surface area (Å²) in [5, 5.41) is 11.2. The molecule has 0 spiro atoms. The molecule has 2 aromatic carbocycles. The van der Waals surface area contributed by atoms with Crippen LogP contribution < -0.4 is 26.0 Å². The largest absolute Gasteiger partial charge is 0.497 e. The second kappa shape index (κ2) is 9.98. The summed E-state index contributed by atoms with van der Waals surface area (Å²) < 4.78 is 5.05. The first-order valence-corrected chi connectivity index (χ1v) is 9.91. The average Bonchev–Trinajstić information content (AvgIpc) is 3.56. The van der Waals surface area contributed by atoms with Crippen LogP contribution in [0.2, 0.25) is 5.02 Å². The fourth-order valence-corrected chi connectivity index (χ4v) is 2.84. The van der Waals surface area contributed by atoms with E-state index in [4.69, 9.17) is 16.3 Å². The first-order valence-electron chi connectivity index (χ1n) is 9.54. The van der Waals surface area contributed by atoms with Gasteiger partial charge in [0.25, 0.3) is 11.8 Å². The molecule has 1 aliphatic rings. The number of carbonyl (C=O) groups is 3. The third kappa shape index (κ3) is 6.12. The maximum atomic E-state index is 12.2. The van der Waals surface area contributed by atoms with Gasteiger partial charge in [-0.15, -0.1) is 0 Å². The van der Waals surface area contributed by atoms with Crippen molar-refractivity contribution in [2.24, 2.45) is 0 Å². The number of hydrogen-bond acceptors (Lipinski definition) is 4. The quantitative estimate of drug-likeness (QED) is 0.483. The fourth-order valence-electron chi connectivity index (χ4n) is 2.64. The SMILES string of the molecule is COc1ccc(C(=O)NCCNC(=O)Nc2ccc(Cl)c(C(=O)NC3CC3)c2)cc1. The van der Waals surface area contributed by atoms with Gasteiger partial charge in [0.05, 0.1) is 17.7 Å². The van der Waals surface area contributed by atoms with E-state index in [1.165, 1.54) is 6.07 Å². The molecule has 2 aromatic rings. The van der Waals surface area contributed by atoms with E-state index in [-0.39, 0.29) is 30.9 Å². The highest BCUT2D eigenvalue weighted by Gasteiger charge is 2.24. The van der Waals surface area contributed by atoms with Gasteiger partial charge in [-0.05, 0) is 55.3 Å². The molecule has 158 valence electrons. The summed E-state index contributed by atoms with van der Waals surface area (Å²) in [4.78, 5) is 36.3. The first-order chi connectivity index (χ1) is 14.5. The molecule has 0 saturated heterocycles. The van der Waals surface area contributed by atoms with Gasteiger partial charge in [0, 0.05) is 30.4 Å². The molecule has 9 heteroatoms. The zero-order chi connectivity index (χ0) is 21.5. The number of carbonyl (C=O) groups excluding carboxylic acids is 3. The topological polar surface area (TPSA) is 109 Å². The molecule has 3 rings (SSSR count). The molecule has 1 fully saturated rings. The number of benzene rings is 2. The molecule has 0 atom stereocenters. The Morgan fingerprint density at radius 2 is 1.70 bits per heavy atom. The van der Waals surface area contributed by atoms with Crippen LogP contribution in [0.15, 0.2) is 42.5 Å². The second-order valence-electron chi connectivity index (χ2n) is 6.81. The number of methoxy groups -OCH3 is 1. The van der Waals surface area contributed by atoms with Gasteiger partial charge in [0.2, 0.25) is 0 Å². The van der Waals surface area contributed by atoms with Crippen LogP contribution in [-0.4, -0.2) is 44.1 Å². The minimum atomic E-state index is -0.454. The van der Waals surface area contributed by atoms with Crippen LogP contribution in [0.1, 0.15) is 33.6 Å². The van der Waals surface area contributed by atoms with Crippen LogP contribution in [0, 0.1) is 0 Å². The van der Waals surface area contributed by atoms with E-state index in [0.29, 0.717) is 27.6 Å². The summed E-state index contributed by atoms with van der Waals surface area (Å²) in [6, 6.07) is 11.2. The third-order valence-electron chi connectivity index (χ3n) is 4.43. The van der Waals surface area contributed by atoms with E-state index in [1.807, 2.05) is 0 Å². The van der Waals surface area contributed by atoms with Crippen molar-refractivity contribution in [3.8, 4) is 5.75 Å². The Kier molecular flexibility index (Phi) is 7.13. The number of urea groups is 1. The molecule has 0 bridgehead atoms.